The molecule has 0 amide bonds. The lowest BCUT2D eigenvalue weighted by Gasteiger charge is -2.04. The predicted molar refractivity (Wildman–Crippen MR) is 60.4 cm³/mol. The smallest absolute Gasteiger partial charge is 0.00768 e. The van der Waals surface area contributed by atoms with Crippen molar-refractivity contribution in [3.63, 3.8) is 0 Å². The Bertz CT molecular complexity index is 158. The van der Waals surface area contributed by atoms with Crippen molar-refractivity contribution in [2.75, 3.05) is 26.2 Å². The molecule has 2 nitrogen and oxygen atoms in total. The van der Waals surface area contributed by atoms with E-state index in [1.807, 2.05) is 0 Å². The van der Waals surface area contributed by atoms with Crippen molar-refractivity contribution in [3.05, 3.63) is 0 Å². The minimum atomic E-state index is 1.04. The van der Waals surface area contributed by atoms with Crippen molar-refractivity contribution in [1.29, 1.82) is 0 Å². The Balaban J connectivity index is 1.51. The molecule has 2 aliphatic rings. The van der Waals surface area contributed by atoms with Crippen LogP contribution < -0.4 is 10.6 Å². The van der Waals surface area contributed by atoms with Gasteiger partial charge in [0.05, 0.1) is 0 Å². The molecule has 2 fully saturated rings. The maximum atomic E-state index is 3.58. The van der Waals surface area contributed by atoms with Crippen molar-refractivity contribution in [1.82, 2.24) is 10.6 Å². The number of nitrogens with one attached hydrogen (secondary N) is 2. The van der Waals surface area contributed by atoms with Crippen LogP contribution in [-0.4, -0.2) is 26.2 Å². The molecule has 0 radical (unpaired) electrons. The van der Waals surface area contributed by atoms with E-state index in [4.69, 9.17) is 0 Å². The zero-order valence-corrected chi connectivity index (χ0v) is 9.39. The average Bonchev–Trinajstić information content (AvgIpc) is 2.92. The molecule has 0 bridgehead atoms. The molecule has 0 aromatic carbocycles. The summed E-state index contributed by atoms with van der Waals surface area (Å²) in [6, 6.07) is 0. The third-order valence-electron chi connectivity index (χ3n) is 3.94. The van der Waals surface area contributed by atoms with E-state index < -0.39 is 0 Å². The number of rotatable bonds is 6. The lowest BCUT2D eigenvalue weighted by Crippen LogP contribution is -2.28. The highest BCUT2D eigenvalue weighted by atomic mass is 14.9. The van der Waals surface area contributed by atoms with Crippen LogP contribution in [0.25, 0.3) is 0 Å². The molecule has 0 aromatic rings. The second-order valence-corrected chi connectivity index (χ2v) is 4.83. The van der Waals surface area contributed by atoms with Crippen LogP contribution >= 0.6 is 0 Å². The molecule has 0 aliphatic heterocycles. The van der Waals surface area contributed by atoms with Crippen LogP contribution in [-0.2, 0) is 0 Å². The average molecular weight is 196 g/mol. The molecule has 2 atom stereocenters. The summed E-state index contributed by atoms with van der Waals surface area (Å²) in [6.07, 6.45) is 6.03. The Hall–Kier alpha value is -0.0800. The molecule has 0 spiro atoms. The van der Waals surface area contributed by atoms with Gasteiger partial charge in [-0.25, -0.2) is 0 Å². The van der Waals surface area contributed by atoms with Crippen LogP contribution in [0.3, 0.4) is 0 Å². The first-order valence-corrected chi connectivity index (χ1v) is 6.35. The summed E-state index contributed by atoms with van der Waals surface area (Å²) in [4.78, 5) is 0. The fourth-order valence-electron chi connectivity index (χ4n) is 3.07. The van der Waals surface area contributed by atoms with Crippen molar-refractivity contribution in [3.8, 4) is 0 Å². The fraction of sp³-hybridized carbons (Fsp3) is 1.00. The summed E-state index contributed by atoms with van der Waals surface area (Å²) in [5.74, 6) is 3.25. The van der Waals surface area contributed by atoms with Gasteiger partial charge >= 0.3 is 0 Å². The molecule has 0 aromatic heterocycles. The van der Waals surface area contributed by atoms with E-state index in [0.29, 0.717) is 0 Å². The van der Waals surface area contributed by atoms with Gasteiger partial charge in [0, 0.05) is 13.1 Å². The van der Waals surface area contributed by atoms with Crippen molar-refractivity contribution < 1.29 is 0 Å². The highest BCUT2D eigenvalue weighted by Crippen LogP contribution is 2.54. The van der Waals surface area contributed by atoms with E-state index in [9.17, 15) is 0 Å². The second kappa shape index (κ2) is 5.13. The Kier molecular flexibility index (Phi) is 3.82. The Morgan fingerprint density at radius 2 is 1.64 bits per heavy atom. The maximum Gasteiger partial charge on any atom is 0.00768 e. The van der Waals surface area contributed by atoms with Crippen LogP contribution in [0.4, 0.5) is 0 Å². The first-order valence-electron chi connectivity index (χ1n) is 6.35. The Morgan fingerprint density at radius 3 is 2.29 bits per heavy atom. The van der Waals surface area contributed by atoms with Gasteiger partial charge in [0.15, 0.2) is 0 Å². The summed E-state index contributed by atoms with van der Waals surface area (Å²) in [6.45, 7) is 6.80. The van der Waals surface area contributed by atoms with Gasteiger partial charge in [-0.3, -0.25) is 0 Å². The van der Waals surface area contributed by atoms with Crippen LogP contribution in [0.15, 0.2) is 0 Å². The topological polar surface area (TPSA) is 24.1 Å². The molecule has 2 N–H and O–H groups in total. The number of hydrogen-bond acceptors (Lipinski definition) is 2. The largest absolute Gasteiger partial charge is 0.316 e. The Labute approximate surface area is 87.8 Å². The van der Waals surface area contributed by atoms with Gasteiger partial charge in [0.1, 0.15) is 0 Å². The van der Waals surface area contributed by atoms with Gasteiger partial charge < -0.3 is 10.6 Å². The highest BCUT2D eigenvalue weighted by molar-refractivity contribution is 4.99. The summed E-state index contributed by atoms with van der Waals surface area (Å²) >= 11 is 0. The number of fused-ring (bicyclic) bond motifs is 1. The number of hydrogen-bond donors (Lipinski definition) is 2. The molecule has 82 valence electrons. The van der Waals surface area contributed by atoms with Crippen molar-refractivity contribution in [2.45, 2.75) is 32.6 Å². The van der Waals surface area contributed by atoms with Crippen LogP contribution in [0.5, 0.6) is 0 Å². The SMILES string of the molecule is CCNCCNCC1C2CCCCC21. The first-order chi connectivity index (χ1) is 6.93. The van der Waals surface area contributed by atoms with Gasteiger partial charge in [0.25, 0.3) is 0 Å². The normalized spacial score (nSPS) is 35.4. The van der Waals surface area contributed by atoms with Crippen molar-refractivity contribution in [2.24, 2.45) is 17.8 Å². The van der Waals surface area contributed by atoms with Crippen LogP contribution in [0.1, 0.15) is 32.6 Å². The van der Waals surface area contributed by atoms with Gasteiger partial charge in [-0.05, 0) is 43.7 Å². The summed E-state index contributed by atoms with van der Waals surface area (Å²) in [7, 11) is 0. The zero-order valence-electron chi connectivity index (χ0n) is 9.39. The standard InChI is InChI=1S/C12H24N2/c1-2-13-7-8-14-9-12-10-5-3-4-6-11(10)12/h10-14H,2-9H2,1H3. The van der Waals surface area contributed by atoms with Gasteiger partial charge in [-0.2, -0.15) is 0 Å². The molecule has 2 aliphatic carbocycles. The predicted octanol–water partition coefficient (Wildman–Crippen LogP) is 1.62. The molecule has 2 saturated carbocycles. The lowest BCUT2D eigenvalue weighted by molar-refractivity contribution is 0.480. The Morgan fingerprint density at radius 1 is 1.00 bits per heavy atom. The maximum absolute atomic E-state index is 3.58. The van der Waals surface area contributed by atoms with E-state index >= 15 is 0 Å². The summed E-state index contributed by atoms with van der Waals surface area (Å²) < 4.78 is 0. The van der Waals surface area contributed by atoms with Crippen LogP contribution in [0, 0.1) is 17.8 Å². The van der Waals surface area contributed by atoms with Crippen LogP contribution in [0.2, 0.25) is 0 Å². The van der Waals surface area contributed by atoms with E-state index in [-0.39, 0.29) is 0 Å². The van der Waals surface area contributed by atoms with Gasteiger partial charge in [-0.15, -0.1) is 0 Å². The molecular formula is C12H24N2. The highest BCUT2D eigenvalue weighted by Gasteiger charge is 2.49. The molecule has 2 unspecified atom stereocenters. The monoisotopic (exact) mass is 196 g/mol. The molecular weight excluding hydrogens is 172 g/mol. The molecule has 2 heteroatoms. The minimum absolute atomic E-state index is 1.04. The van der Waals surface area contributed by atoms with E-state index in [2.05, 4.69) is 17.6 Å². The summed E-state index contributed by atoms with van der Waals surface area (Å²) in [5.41, 5.74) is 0. The third-order valence-corrected chi connectivity index (χ3v) is 3.94. The fourth-order valence-corrected chi connectivity index (χ4v) is 3.07. The third kappa shape index (κ3) is 2.48. The second-order valence-electron chi connectivity index (χ2n) is 4.83. The minimum Gasteiger partial charge on any atom is -0.316 e. The molecule has 0 saturated heterocycles. The number of likely N-dealkylation sites (N-methyl/N-ethyl adjacent to an activating group) is 1. The van der Waals surface area contributed by atoms with Gasteiger partial charge in [-0.1, -0.05) is 19.8 Å². The van der Waals surface area contributed by atoms with Crippen molar-refractivity contribution >= 4 is 0 Å². The molecule has 14 heavy (non-hydrogen) atoms. The quantitative estimate of drug-likeness (QED) is 0.631. The van der Waals surface area contributed by atoms with E-state index in [1.165, 1.54) is 32.2 Å². The molecule has 2 rings (SSSR count). The molecule has 0 heterocycles. The van der Waals surface area contributed by atoms with Gasteiger partial charge in [0.2, 0.25) is 0 Å². The van der Waals surface area contributed by atoms with E-state index in [0.717, 1.165) is 37.4 Å². The van der Waals surface area contributed by atoms with E-state index in [1.54, 1.807) is 0 Å². The summed E-state index contributed by atoms with van der Waals surface area (Å²) in [5, 5.41) is 6.92. The first kappa shape index (κ1) is 10.4. The zero-order chi connectivity index (χ0) is 9.80. The lowest BCUT2D eigenvalue weighted by atomic mass is 10.0.